The summed E-state index contributed by atoms with van der Waals surface area (Å²) in [6.45, 7) is 8.75. The number of ether oxygens (including phenoxy) is 2. The second-order valence-corrected chi connectivity index (χ2v) is 10.8. The average molecular weight is 475 g/mol. The minimum Gasteiger partial charge on any atom is -0.490 e. The predicted octanol–water partition coefficient (Wildman–Crippen LogP) is 4.80. The molecule has 9 nitrogen and oxygen atoms in total. The van der Waals surface area contributed by atoms with Gasteiger partial charge in [0.1, 0.15) is 23.1 Å². The van der Waals surface area contributed by atoms with Crippen molar-refractivity contribution >= 4 is 17.5 Å². The number of piperidine rings is 2. The number of hydrogen-bond acceptors (Lipinski definition) is 7. The van der Waals surface area contributed by atoms with Crippen LogP contribution >= 0.6 is 0 Å². The van der Waals surface area contributed by atoms with E-state index in [1.165, 1.54) is 25.3 Å². The van der Waals surface area contributed by atoms with Crippen molar-refractivity contribution in [3.05, 3.63) is 28.3 Å². The Balaban J connectivity index is 1.30. The number of rotatable bonds is 6. The number of nitrogens with one attached hydrogen (secondary N) is 1. The van der Waals surface area contributed by atoms with Crippen LogP contribution in [0.5, 0.6) is 5.75 Å². The predicted molar refractivity (Wildman–Crippen MR) is 130 cm³/mol. The van der Waals surface area contributed by atoms with Crippen LogP contribution in [0, 0.1) is 10.1 Å². The molecule has 1 aromatic rings. The normalized spacial score (nSPS) is 21.1. The van der Waals surface area contributed by atoms with Gasteiger partial charge in [-0.05, 0) is 71.4 Å². The van der Waals surface area contributed by atoms with Crippen LogP contribution in [0.3, 0.4) is 0 Å². The lowest BCUT2D eigenvalue weighted by molar-refractivity contribution is -0.384. The first-order valence-electron chi connectivity index (χ1n) is 12.6. The Labute approximate surface area is 201 Å². The molecule has 4 rings (SSSR count). The SMILES string of the molecule is CC(C)(C)OC(=O)N1CCC(Nc2ccc(OC3CCN(C4CCC4)CC3)cc2[N+](=O)[O-])CC1. The van der Waals surface area contributed by atoms with Gasteiger partial charge in [-0.3, -0.25) is 10.1 Å². The second-order valence-electron chi connectivity index (χ2n) is 10.8. The van der Waals surface area contributed by atoms with E-state index in [1.54, 1.807) is 11.0 Å². The number of carbonyl (C=O) groups excluding carboxylic acids is 1. The van der Waals surface area contributed by atoms with E-state index in [-0.39, 0.29) is 28.8 Å². The molecule has 1 aliphatic carbocycles. The van der Waals surface area contributed by atoms with Crippen LogP contribution in [0.25, 0.3) is 0 Å². The molecular formula is C25H38N4O5. The topological polar surface area (TPSA) is 97.2 Å². The van der Waals surface area contributed by atoms with Crippen molar-refractivity contribution in [2.24, 2.45) is 0 Å². The number of benzene rings is 1. The molecule has 0 aromatic heterocycles. The second kappa shape index (κ2) is 10.4. The zero-order valence-electron chi connectivity index (χ0n) is 20.6. The standard InChI is InChI=1S/C25H38N4O5/c1-25(2,3)34-24(30)28-13-9-18(10-14-28)26-22-8-7-21(17-23(22)29(31)32)33-20-11-15-27(16-12-20)19-5-4-6-19/h7-8,17-20,26H,4-6,9-16H2,1-3H3. The zero-order valence-corrected chi connectivity index (χ0v) is 20.6. The third kappa shape index (κ3) is 6.31. The molecule has 1 aromatic carbocycles. The molecule has 3 fully saturated rings. The maximum absolute atomic E-state index is 12.3. The van der Waals surface area contributed by atoms with E-state index in [4.69, 9.17) is 9.47 Å². The summed E-state index contributed by atoms with van der Waals surface area (Å²) in [4.78, 5) is 27.9. The largest absolute Gasteiger partial charge is 0.490 e. The first kappa shape index (κ1) is 24.6. The van der Waals surface area contributed by atoms with E-state index in [0.29, 0.717) is 37.4 Å². The molecular weight excluding hydrogens is 436 g/mol. The maximum atomic E-state index is 12.3. The zero-order chi connectivity index (χ0) is 24.3. The van der Waals surface area contributed by atoms with Crippen LogP contribution in [-0.4, -0.2) is 70.8 Å². The Morgan fingerprint density at radius 3 is 2.29 bits per heavy atom. The van der Waals surface area contributed by atoms with E-state index in [1.807, 2.05) is 26.8 Å². The quantitative estimate of drug-likeness (QED) is 0.467. The van der Waals surface area contributed by atoms with Gasteiger partial charge in [-0.25, -0.2) is 4.79 Å². The van der Waals surface area contributed by atoms with Crippen molar-refractivity contribution in [2.45, 2.75) is 89.5 Å². The lowest BCUT2D eigenvalue weighted by Gasteiger charge is -2.41. The van der Waals surface area contributed by atoms with Gasteiger partial charge in [-0.15, -0.1) is 0 Å². The third-order valence-electron chi connectivity index (χ3n) is 7.04. The van der Waals surface area contributed by atoms with Crippen molar-refractivity contribution in [3.63, 3.8) is 0 Å². The minimum absolute atomic E-state index is 0.0268. The fraction of sp³-hybridized carbons (Fsp3) is 0.720. The number of nitro groups is 1. The number of amides is 1. The molecule has 2 saturated heterocycles. The molecule has 2 heterocycles. The van der Waals surface area contributed by atoms with Crippen molar-refractivity contribution in [1.82, 2.24) is 9.80 Å². The van der Waals surface area contributed by atoms with Gasteiger partial charge in [0.2, 0.25) is 0 Å². The Kier molecular flexibility index (Phi) is 7.50. The van der Waals surface area contributed by atoms with E-state index in [9.17, 15) is 14.9 Å². The molecule has 1 N–H and O–H groups in total. The number of carbonyl (C=O) groups is 1. The summed E-state index contributed by atoms with van der Waals surface area (Å²) in [5, 5.41) is 15.1. The van der Waals surface area contributed by atoms with Crippen molar-refractivity contribution < 1.29 is 19.2 Å². The van der Waals surface area contributed by atoms with E-state index in [2.05, 4.69) is 10.2 Å². The molecule has 0 radical (unpaired) electrons. The lowest BCUT2D eigenvalue weighted by atomic mass is 9.90. The van der Waals surface area contributed by atoms with Crippen molar-refractivity contribution in [2.75, 3.05) is 31.5 Å². The average Bonchev–Trinajstić information content (AvgIpc) is 2.74. The van der Waals surface area contributed by atoms with Crippen LogP contribution in [0.2, 0.25) is 0 Å². The molecule has 0 atom stereocenters. The molecule has 0 spiro atoms. The number of hydrogen-bond donors (Lipinski definition) is 1. The molecule has 0 unspecified atom stereocenters. The molecule has 1 saturated carbocycles. The lowest BCUT2D eigenvalue weighted by Crippen LogP contribution is -2.46. The summed E-state index contributed by atoms with van der Waals surface area (Å²) >= 11 is 0. The van der Waals surface area contributed by atoms with Crippen LogP contribution < -0.4 is 10.1 Å². The van der Waals surface area contributed by atoms with Gasteiger partial charge in [0.05, 0.1) is 11.0 Å². The van der Waals surface area contributed by atoms with Crippen LogP contribution in [-0.2, 0) is 4.74 Å². The van der Waals surface area contributed by atoms with Gasteiger partial charge in [0.15, 0.2) is 0 Å². The van der Waals surface area contributed by atoms with E-state index in [0.717, 1.165) is 32.0 Å². The Morgan fingerprint density at radius 2 is 1.74 bits per heavy atom. The number of nitrogens with zero attached hydrogens (tertiary/aromatic N) is 3. The minimum atomic E-state index is -0.524. The van der Waals surface area contributed by atoms with Gasteiger partial charge in [0.25, 0.3) is 5.69 Å². The van der Waals surface area contributed by atoms with Gasteiger partial charge >= 0.3 is 6.09 Å². The van der Waals surface area contributed by atoms with Crippen molar-refractivity contribution in [3.8, 4) is 5.75 Å². The maximum Gasteiger partial charge on any atom is 0.410 e. The molecule has 34 heavy (non-hydrogen) atoms. The summed E-state index contributed by atoms with van der Waals surface area (Å²) in [5.41, 5.74) is -0.00338. The summed E-state index contributed by atoms with van der Waals surface area (Å²) in [7, 11) is 0. The first-order valence-corrected chi connectivity index (χ1v) is 12.6. The van der Waals surface area contributed by atoms with Crippen LogP contribution in [0.15, 0.2) is 18.2 Å². The van der Waals surface area contributed by atoms with Crippen molar-refractivity contribution in [1.29, 1.82) is 0 Å². The monoisotopic (exact) mass is 474 g/mol. The highest BCUT2D eigenvalue weighted by molar-refractivity contribution is 5.68. The molecule has 188 valence electrons. The third-order valence-corrected chi connectivity index (χ3v) is 7.04. The summed E-state index contributed by atoms with van der Waals surface area (Å²) in [6, 6.07) is 5.92. The number of anilines is 1. The Morgan fingerprint density at radius 1 is 1.06 bits per heavy atom. The van der Waals surface area contributed by atoms with Gasteiger partial charge < -0.3 is 24.6 Å². The van der Waals surface area contributed by atoms with Crippen LogP contribution in [0.4, 0.5) is 16.2 Å². The molecule has 3 aliphatic rings. The van der Waals surface area contributed by atoms with Crippen LogP contribution in [0.1, 0.15) is 65.7 Å². The van der Waals surface area contributed by atoms with Gasteiger partial charge in [-0.1, -0.05) is 6.42 Å². The highest BCUT2D eigenvalue weighted by atomic mass is 16.6. The Bertz CT molecular complexity index is 867. The summed E-state index contributed by atoms with van der Waals surface area (Å²) < 4.78 is 11.6. The van der Waals surface area contributed by atoms with E-state index < -0.39 is 5.60 Å². The summed E-state index contributed by atoms with van der Waals surface area (Å²) in [5.74, 6) is 0.555. The van der Waals surface area contributed by atoms with E-state index >= 15 is 0 Å². The fourth-order valence-corrected chi connectivity index (χ4v) is 4.91. The first-order chi connectivity index (χ1) is 16.2. The van der Waals surface area contributed by atoms with Gasteiger partial charge in [-0.2, -0.15) is 0 Å². The number of nitro benzene ring substituents is 1. The fourth-order valence-electron chi connectivity index (χ4n) is 4.91. The molecule has 2 aliphatic heterocycles. The molecule has 1 amide bonds. The smallest absolute Gasteiger partial charge is 0.410 e. The Hall–Kier alpha value is -2.55. The molecule has 0 bridgehead atoms. The highest BCUT2D eigenvalue weighted by Gasteiger charge is 2.30. The highest BCUT2D eigenvalue weighted by Crippen LogP contribution is 2.33. The molecule has 9 heteroatoms. The summed E-state index contributed by atoms with van der Waals surface area (Å²) in [6.07, 6.45) is 7.08. The number of likely N-dealkylation sites (tertiary alicyclic amines) is 2. The van der Waals surface area contributed by atoms with Gasteiger partial charge in [0, 0.05) is 38.3 Å².